The van der Waals surface area contributed by atoms with Crippen LogP contribution in [-0.4, -0.2) is 7.05 Å². The van der Waals surface area contributed by atoms with Crippen LogP contribution in [0.5, 0.6) is 0 Å². The van der Waals surface area contributed by atoms with Gasteiger partial charge in [-0.25, -0.2) is 0 Å². The normalized spacial score (nSPS) is 10.4. The van der Waals surface area contributed by atoms with Crippen molar-refractivity contribution in [2.24, 2.45) is 0 Å². The number of rotatable bonds is 5. The fourth-order valence-corrected chi connectivity index (χ4v) is 1.63. The van der Waals surface area contributed by atoms with Gasteiger partial charge in [-0.05, 0) is 31.1 Å². The molecule has 0 unspecified atom stereocenters. The molecule has 0 bridgehead atoms. The summed E-state index contributed by atoms with van der Waals surface area (Å²) in [7, 11) is 2.03. The quantitative estimate of drug-likeness (QED) is 0.529. The summed E-state index contributed by atoms with van der Waals surface area (Å²) in [5.41, 5.74) is 3.44. The maximum atomic E-state index is 4.04. The lowest BCUT2D eigenvalue weighted by molar-refractivity contribution is 1.11. The van der Waals surface area contributed by atoms with Crippen molar-refractivity contribution < 1.29 is 0 Å². The van der Waals surface area contributed by atoms with Crippen molar-refractivity contribution in [1.82, 2.24) is 0 Å². The Morgan fingerprint density at radius 1 is 1.38 bits per heavy atom. The molecule has 1 nitrogen and oxygen atoms in total. The molecule has 0 spiro atoms. The topological polar surface area (TPSA) is 3.24 Å². The van der Waals surface area contributed by atoms with E-state index < -0.39 is 0 Å². The van der Waals surface area contributed by atoms with E-state index in [1.165, 1.54) is 11.3 Å². The van der Waals surface area contributed by atoms with E-state index in [-0.39, 0.29) is 0 Å². The van der Waals surface area contributed by atoms with Crippen LogP contribution in [0.25, 0.3) is 0 Å². The summed E-state index contributed by atoms with van der Waals surface area (Å²) in [6.07, 6.45) is 6.80. The summed E-state index contributed by atoms with van der Waals surface area (Å²) >= 11 is 0. The zero-order chi connectivity index (χ0) is 12.0. The molecule has 84 valence electrons. The Morgan fingerprint density at radius 2 is 2.06 bits per heavy atom. The molecule has 0 saturated heterocycles. The maximum absolute atomic E-state index is 4.04. The largest absolute Gasteiger partial charge is 0.345 e. The van der Waals surface area contributed by atoms with Gasteiger partial charge in [-0.1, -0.05) is 36.9 Å². The molecule has 0 saturated carbocycles. The van der Waals surface area contributed by atoms with Gasteiger partial charge in [-0.15, -0.1) is 6.58 Å². The Balaban J connectivity index is 3.02. The first-order valence-electron chi connectivity index (χ1n) is 5.44. The molecule has 0 aliphatic carbocycles. The second-order valence-corrected chi connectivity index (χ2v) is 3.67. The van der Waals surface area contributed by atoms with Crippen LogP contribution in [-0.2, 0) is 6.42 Å². The van der Waals surface area contributed by atoms with Crippen molar-refractivity contribution in [1.29, 1.82) is 0 Å². The second kappa shape index (κ2) is 5.96. The highest BCUT2D eigenvalue weighted by atomic mass is 15.1. The van der Waals surface area contributed by atoms with Crippen LogP contribution >= 0.6 is 0 Å². The lowest BCUT2D eigenvalue weighted by Crippen LogP contribution is -2.15. The van der Waals surface area contributed by atoms with Crippen LogP contribution in [0.4, 0.5) is 5.69 Å². The van der Waals surface area contributed by atoms with Crippen LogP contribution < -0.4 is 4.90 Å². The Labute approximate surface area is 98.4 Å². The SMILES string of the molecule is C=CCc1ccccc1N(C)C(=C)/C=C\C. The molecule has 0 heterocycles. The van der Waals surface area contributed by atoms with Crippen molar-refractivity contribution >= 4 is 5.69 Å². The first-order valence-corrected chi connectivity index (χ1v) is 5.44. The first-order chi connectivity index (χ1) is 7.70. The molecule has 0 aromatic heterocycles. The fourth-order valence-electron chi connectivity index (χ4n) is 1.63. The van der Waals surface area contributed by atoms with Crippen molar-refractivity contribution in [3.63, 3.8) is 0 Å². The highest BCUT2D eigenvalue weighted by Crippen LogP contribution is 2.23. The average Bonchev–Trinajstić information content (AvgIpc) is 2.29. The van der Waals surface area contributed by atoms with Gasteiger partial charge in [-0.3, -0.25) is 0 Å². The van der Waals surface area contributed by atoms with Gasteiger partial charge in [0.1, 0.15) is 0 Å². The minimum Gasteiger partial charge on any atom is -0.345 e. The van der Waals surface area contributed by atoms with Crippen LogP contribution in [0.3, 0.4) is 0 Å². The minimum absolute atomic E-state index is 0.879. The zero-order valence-corrected chi connectivity index (χ0v) is 10.1. The molecular weight excluding hydrogens is 194 g/mol. The first kappa shape index (κ1) is 12.3. The summed E-state index contributed by atoms with van der Waals surface area (Å²) in [5, 5.41) is 0. The molecule has 0 atom stereocenters. The molecule has 0 radical (unpaired) electrons. The molecule has 16 heavy (non-hydrogen) atoms. The highest BCUT2D eigenvalue weighted by molar-refractivity contribution is 5.59. The molecule has 0 fully saturated rings. The molecule has 1 aromatic rings. The summed E-state index contributed by atoms with van der Waals surface area (Å²) in [4.78, 5) is 2.10. The van der Waals surface area contributed by atoms with Crippen LogP contribution in [0, 0.1) is 0 Å². The lowest BCUT2D eigenvalue weighted by Gasteiger charge is -2.22. The van der Waals surface area contributed by atoms with Gasteiger partial charge < -0.3 is 4.90 Å². The Kier molecular flexibility index (Phi) is 4.59. The smallest absolute Gasteiger partial charge is 0.0443 e. The van der Waals surface area contributed by atoms with Crippen molar-refractivity contribution in [2.75, 3.05) is 11.9 Å². The number of nitrogens with zero attached hydrogens (tertiary/aromatic N) is 1. The lowest BCUT2D eigenvalue weighted by atomic mass is 10.1. The third kappa shape index (κ3) is 2.86. The van der Waals surface area contributed by atoms with E-state index in [4.69, 9.17) is 0 Å². The number of likely N-dealkylation sites (N-methyl/N-ethyl adjacent to an activating group) is 1. The third-order valence-corrected chi connectivity index (χ3v) is 2.51. The van der Waals surface area contributed by atoms with Gasteiger partial charge in [-0.2, -0.15) is 0 Å². The van der Waals surface area contributed by atoms with E-state index in [0.717, 1.165) is 12.1 Å². The summed E-state index contributed by atoms with van der Waals surface area (Å²) in [6.45, 7) is 9.81. The van der Waals surface area contributed by atoms with Crippen LogP contribution in [0.15, 0.2) is 61.3 Å². The molecule has 0 aliphatic rings. The summed E-state index contributed by atoms with van der Waals surface area (Å²) < 4.78 is 0. The molecule has 1 heteroatoms. The Bertz CT molecular complexity index is 402. The summed E-state index contributed by atoms with van der Waals surface area (Å²) in [5.74, 6) is 0. The van der Waals surface area contributed by atoms with E-state index in [0.29, 0.717) is 0 Å². The van der Waals surface area contributed by atoms with Gasteiger partial charge >= 0.3 is 0 Å². The molecule has 0 aliphatic heterocycles. The number of anilines is 1. The fraction of sp³-hybridized carbons (Fsp3) is 0.200. The van der Waals surface area contributed by atoms with E-state index >= 15 is 0 Å². The zero-order valence-electron chi connectivity index (χ0n) is 10.1. The molecular formula is C15H19N. The van der Waals surface area contributed by atoms with Crippen molar-refractivity contribution in [3.8, 4) is 0 Å². The van der Waals surface area contributed by atoms with E-state index in [2.05, 4.69) is 36.3 Å². The van der Waals surface area contributed by atoms with E-state index in [9.17, 15) is 0 Å². The number of hydrogen-bond donors (Lipinski definition) is 0. The van der Waals surface area contributed by atoms with Crippen molar-refractivity contribution in [2.45, 2.75) is 13.3 Å². The molecule has 0 N–H and O–H groups in total. The monoisotopic (exact) mass is 213 g/mol. The average molecular weight is 213 g/mol. The van der Waals surface area contributed by atoms with Crippen LogP contribution in [0.1, 0.15) is 12.5 Å². The third-order valence-electron chi connectivity index (χ3n) is 2.51. The van der Waals surface area contributed by atoms with Gasteiger partial charge in [0, 0.05) is 18.4 Å². The Morgan fingerprint density at radius 3 is 2.69 bits per heavy atom. The van der Waals surface area contributed by atoms with E-state index in [1.807, 2.05) is 38.3 Å². The number of para-hydroxylation sites is 1. The van der Waals surface area contributed by atoms with Gasteiger partial charge in [0.15, 0.2) is 0 Å². The van der Waals surface area contributed by atoms with Gasteiger partial charge in [0.05, 0.1) is 0 Å². The minimum atomic E-state index is 0.879. The molecule has 1 rings (SSSR count). The standard InChI is InChI=1S/C15H19N/c1-5-9-13(3)16(4)15-12-8-7-11-14(15)10-6-2/h5-9,11-12H,2-3,10H2,1,4H3/b9-5-. The second-order valence-electron chi connectivity index (χ2n) is 3.67. The number of allylic oxidation sites excluding steroid dienone is 3. The van der Waals surface area contributed by atoms with Gasteiger partial charge in [0.25, 0.3) is 0 Å². The van der Waals surface area contributed by atoms with Crippen molar-refractivity contribution in [3.05, 3.63) is 66.9 Å². The molecule has 1 aromatic carbocycles. The number of benzene rings is 1. The highest BCUT2D eigenvalue weighted by Gasteiger charge is 2.06. The maximum Gasteiger partial charge on any atom is 0.0443 e. The number of hydrogen-bond acceptors (Lipinski definition) is 1. The predicted octanol–water partition coefficient (Wildman–Crippen LogP) is 3.94. The Hall–Kier alpha value is -1.76. The van der Waals surface area contributed by atoms with Gasteiger partial charge in [0.2, 0.25) is 0 Å². The van der Waals surface area contributed by atoms with E-state index in [1.54, 1.807) is 0 Å². The van der Waals surface area contributed by atoms with Crippen LogP contribution in [0.2, 0.25) is 0 Å². The molecule has 0 amide bonds. The summed E-state index contributed by atoms with van der Waals surface area (Å²) in [6, 6.07) is 8.32. The predicted molar refractivity (Wildman–Crippen MR) is 72.7 cm³/mol.